The Hall–Kier alpha value is -4.44. The van der Waals surface area contributed by atoms with E-state index in [-0.39, 0.29) is 44.1 Å². The first kappa shape index (κ1) is 32.5. The normalized spacial score (nSPS) is 15.2. The van der Waals surface area contributed by atoms with Gasteiger partial charge in [-0.15, -0.1) is 0 Å². The van der Waals surface area contributed by atoms with Crippen LogP contribution >= 0.6 is 0 Å². The molecular formula is C34H38F2N4O4. The van der Waals surface area contributed by atoms with Gasteiger partial charge < -0.3 is 20.4 Å². The molecular weight excluding hydrogens is 566 g/mol. The predicted octanol–water partition coefficient (Wildman–Crippen LogP) is 4.01. The molecule has 4 rings (SSSR count). The number of nitrogens with zero attached hydrogens (tertiary/aromatic N) is 2. The highest BCUT2D eigenvalue weighted by molar-refractivity contribution is 5.93. The molecule has 10 heteroatoms. The van der Waals surface area contributed by atoms with E-state index in [1.165, 1.54) is 21.9 Å². The molecule has 0 bridgehead atoms. The fraction of sp³-hybridized carbons (Fsp3) is 0.353. The van der Waals surface area contributed by atoms with E-state index in [1.54, 1.807) is 31.3 Å². The van der Waals surface area contributed by atoms with E-state index < -0.39 is 40.9 Å². The maximum atomic E-state index is 14.9. The lowest BCUT2D eigenvalue weighted by Gasteiger charge is -2.42. The molecule has 3 amide bonds. The summed E-state index contributed by atoms with van der Waals surface area (Å²) in [5.74, 6) is -3.31. The summed E-state index contributed by atoms with van der Waals surface area (Å²) in [5.41, 5.74) is 2.21. The summed E-state index contributed by atoms with van der Waals surface area (Å²) in [6.45, 7) is 5.44. The molecule has 1 aliphatic rings. The van der Waals surface area contributed by atoms with Crippen molar-refractivity contribution in [1.29, 1.82) is 0 Å². The van der Waals surface area contributed by atoms with Crippen molar-refractivity contribution in [2.75, 3.05) is 13.6 Å². The van der Waals surface area contributed by atoms with E-state index in [9.17, 15) is 28.0 Å². The fourth-order valence-electron chi connectivity index (χ4n) is 5.38. The number of carbonyl (C=O) groups excluding carboxylic acids is 4. The van der Waals surface area contributed by atoms with Crippen LogP contribution in [0.2, 0.25) is 0 Å². The third kappa shape index (κ3) is 7.55. The minimum absolute atomic E-state index is 0.0103. The Morgan fingerprint density at radius 1 is 0.977 bits per heavy atom. The monoisotopic (exact) mass is 604 g/mol. The molecule has 0 aliphatic carbocycles. The molecule has 1 heterocycles. The molecule has 232 valence electrons. The van der Waals surface area contributed by atoms with Crippen LogP contribution in [-0.4, -0.2) is 59.5 Å². The van der Waals surface area contributed by atoms with Crippen molar-refractivity contribution in [3.63, 3.8) is 0 Å². The average Bonchev–Trinajstić information content (AvgIpc) is 3.00. The largest absolute Gasteiger partial charge is 0.343 e. The molecule has 8 nitrogen and oxygen atoms in total. The number of hydrogen-bond donors (Lipinski definition) is 2. The highest BCUT2D eigenvalue weighted by Gasteiger charge is 2.43. The summed E-state index contributed by atoms with van der Waals surface area (Å²) < 4.78 is 29.1. The molecule has 2 atom stereocenters. The number of nitrogens with one attached hydrogen (secondary N) is 2. The van der Waals surface area contributed by atoms with E-state index >= 15 is 0 Å². The Morgan fingerprint density at radius 3 is 2.30 bits per heavy atom. The summed E-state index contributed by atoms with van der Waals surface area (Å²) >= 11 is 0. The van der Waals surface area contributed by atoms with Crippen LogP contribution in [-0.2, 0) is 40.4 Å². The van der Waals surface area contributed by atoms with Crippen molar-refractivity contribution in [2.45, 2.75) is 58.9 Å². The second kappa shape index (κ2) is 13.9. The molecule has 2 N–H and O–H groups in total. The topological polar surface area (TPSA) is 98.8 Å². The van der Waals surface area contributed by atoms with Crippen LogP contribution in [0, 0.1) is 17.0 Å². The number of rotatable bonds is 10. The van der Waals surface area contributed by atoms with E-state index in [2.05, 4.69) is 10.6 Å². The molecule has 3 aromatic rings. The summed E-state index contributed by atoms with van der Waals surface area (Å²) in [4.78, 5) is 55.5. The Balaban J connectivity index is 1.75. The van der Waals surface area contributed by atoms with Crippen LogP contribution in [0.5, 0.6) is 0 Å². The van der Waals surface area contributed by atoms with Gasteiger partial charge in [-0.3, -0.25) is 19.2 Å². The van der Waals surface area contributed by atoms with E-state index in [1.807, 2.05) is 45.0 Å². The Kier molecular flexibility index (Phi) is 10.3. The van der Waals surface area contributed by atoms with Crippen LogP contribution in [0.1, 0.15) is 53.4 Å². The second-order valence-electron chi connectivity index (χ2n) is 12.1. The highest BCUT2D eigenvalue weighted by Crippen LogP contribution is 2.30. The summed E-state index contributed by atoms with van der Waals surface area (Å²) in [7, 11) is 1.63. The predicted molar refractivity (Wildman–Crippen MR) is 162 cm³/mol. The Morgan fingerprint density at radius 2 is 1.66 bits per heavy atom. The van der Waals surface area contributed by atoms with Gasteiger partial charge in [0.15, 0.2) is 11.6 Å². The number of amides is 3. The van der Waals surface area contributed by atoms with Gasteiger partial charge in [0.05, 0.1) is 6.54 Å². The van der Waals surface area contributed by atoms with Crippen molar-refractivity contribution in [2.24, 2.45) is 5.41 Å². The maximum Gasteiger partial charge on any atom is 0.246 e. The van der Waals surface area contributed by atoms with Gasteiger partial charge in [-0.05, 0) is 35.2 Å². The van der Waals surface area contributed by atoms with Gasteiger partial charge in [0.25, 0.3) is 0 Å². The minimum Gasteiger partial charge on any atom is -0.343 e. The first-order chi connectivity index (χ1) is 20.9. The van der Waals surface area contributed by atoms with E-state index in [0.29, 0.717) is 17.4 Å². The quantitative estimate of drug-likeness (QED) is 0.341. The van der Waals surface area contributed by atoms with Gasteiger partial charge in [0, 0.05) is 37.2 Å². The SMILES string of the molecule is CNCC(=O)NC(C(=O)N1Cc2ccccc2CC1C(=O)N(Cc1ccc(C=O)cc1)Cc1cccc(F)c1F)C(C)(C)C. The van der Waals surface area contributed by atoms with Crippen molar-refractivity contribution in [3.8, 4) is 0 Å². The molecule has 0 spiro atoms. The molecule has 3 aromatic carbocycles. The number of aldehydes is 1. The first-order valence-electron chi connectivity index (χ1n) is 14.5. The van der Waals surface area contributed by atoms with Crippen LogP contribution in [0.3, 0.4) is 0 Å². The zero-order valence-corrected chi connectivity index (χ0v) is 25.4. The van der Waals surface area contributed by atoms with Crippen LogP contribution in [0.25, 0.3) is 0 Å². The molecule has 44 heavy (non-hydrogen) atoms. The molecule has 0 aromatic heterocycles. The Labute approximate surface area is 256 Å². The van der Waals surface area contributed by atoms with Gasteiger partial charge in [0.2, 0.25) is 17.7 Å². The number of hydrogen-bond acceptors (Lipinski definition) is 5. The number of carbonyl (C=O) groups is 4. The molecule has 0 radical (unpaired) electrons. The first-order valence-corrected chi connectivity index (χ1v) is 14.5. The molecule has 0 saturated heterocycles. The second-order valence-corrected chi connectivity index (χ2v) is 12.1. The molecule has 0 saturated carbocycles. The molecule has 2 unspecified atom stereocenters. The summed E-state index contributed by atoms with van der Waals surface area (Å²) in [5, 5.41) is 5.62. The van der Waals surface area contributed by atoms with Gasteiger partial charge in [-0.25, -0.2) is 8.78 Å². The fourth-order valence-corrected chi connectivity index (χ4v) is 5.38. The molecule has 1 aliphatic heterocycles. The third-order valence-corrected chi connectivity index (χ3v) is 7.77. The third-order valence-electron chi connectivity index (χ3n) is 7.77. The Bertz CT molecular complexity index is 1520. The number of halogens is 2. The van der Waals surface area contributed by atoms with Gasteiger partial charge in [-0.1, -0.05) is 81.4 Å². The van der Waals surface area contributed by atoms with E-state index in [0.717, 1.165) is 17.2 Å². The lowest BCUT2D eigenvalue weighted by atomic mass is 9.84. The lowest BCUT2D eigenvalue weighted by Crippen LogP contribution is -2.61. The van der Waals surface area contributed by atoms with Crippen molar-refractivity contribution >= 4 is 24.0 Å². The maximum absolute atomic E-state index is 14.9. The standard InChI is InChI=1S/C34H38F2N4O4/c1-34(2,3)31(38-29(42)17-37-4)33(44)40-20-25-9-6-5-8-24(25)16-28(40)32(43)39(18-22-12-14-23(21-41)15-13-22)19-26-10-7-11-27(35)30(26)36/h5-15,21,28,31,37H,16-20H2,1-4H3,(H,38,42). The summed E-state index contributed by atoms with van der Waals surface area (Å²) in [6, 6.07) is 16.0. The number of benzene rings is 3. The smallest absolute Gasteiger partial charge is 0.246 e. The summed E-state index contributed by atoms with van der Waals surface area (Å²) in [6.07, 6.45) is 0.910. The molecule has 0 fully saturated rings. The zero-order valence-electron chi connectivity index (χ0n) is 25.4. The average molecular weight is 605 g/mol. The van der Waals surface area contributed by atoms with Crippen molar-refractivity contribution < 1.29 is 28.0 Å². The van der Waals surface area contributed by atoms with Crippen LogP contribution in [0.15, 0.2) is 66.7 Å². The van der Waals surface area contributed by atoms with Crippen molar-refractivity contribution in [3.05, 3.63) is 106 Å². The minimum atomic E-state index is -1.05. The van der Waals surface area contributed by atoms with E-state index in [4.69, 9.17) is 0 Å². The highest BCUT2D eigenvalue weighted by atomic mass is 19.2. The lowest BCUT2D eigenvalue weighted by molar-refractivity contribution is -0.151. The van der Waals surface area contributed by atoms with Gasteiger partial charge in [0.1, 0.15) is 18.4 Å². The van der Waals surface area contributed by atoms with Crippen molar-refractivity contribution in [1.82, 2.24) is 20.4 Å². The van der Waals surface area contributed by atoms with Gasteiger partial charge >= 0.3 is 0 Å². The van der Waals surface area contributed by atoms with Crippen LogP contribution in [0.4, 0.5) is 8.78 Å². The van der Waals surface area contributed by atoms with Gasteiger partial charge in [-0.2, -0.15) is 0 Å². The number of fused-ring (bicyclic) bond motifs is 1. The van der Waals surface area contributed by atoms with Crippen LogP contribution < -0.4 is 10.6 Å². The number of likely N-dealkylation sites (N-methyl/N-ethyl adjacent to an activating group) is 1. The zero-order chi connectivity index (χ0) is 32.0.